The van der Waals surface area contributed by atoms with Crippen LogP contribution in [0.2, 0.25) is 0 Å². The number of rotatable bonds is 6. The Morgan fingerprint density at radius 3 is 2.59 bits per heavy atom. The summed E-state index contributed by atoms with van der Waals surface area (Å²) in [6.07, 6.45) is -0.494. The SMILES string of the molecule is CC(C)(C)S(=O)(=O)NC(=O)c1cnn2ccc(N3CCCC3c3cc(F)ccc3OCC(F)(F)F)cc12. The first-order valence-corrected chi connectivity index (χ1v) is 12.9. The van der Waals surface area contributed by atoms with Crippen molar-refractivity contribution in [2.24, 2.45) is 0 Å². The van der Waals surface area contributed by atoms with Gasteiger partial charge in [-0.3, -0.25) is 4.79 Å². The molecule has 0 bridgehead atoms. The number of hydrogen-bond acceptors (Lipinski definition) is 6. The molecule has 8 nitrogen and oxygen atoms in total. The van der Waals surface area contributed by atoms with Crippen molar-refractivity contribution in [3.8, 4) is 5.75 Å². The number of alkyl halides is 3. The normalized spacial score (nSPS) is 16.8. The van der Waals surface area contributed by atoms with Crippen LogP contribution < -0.4 is 14.4 Å². The molecule has 2 aromatic heterocycles. The molecule has 37 heavy (non-hydrogen) atoms. The Balaban J connectivity index is 1.67. The van der Waals surface area contributed by atoms with Gasteiger partial charge in [-0.05, 0) is 63.9 Å². The summed E-state index contributed by atoms with van der Waals surface area (Å²) in [5.41, 5.74) is 1.25. The van der Waals surface area contributed by atoms with Crippen LogP contribution in [0.3, 0.4) is 0 Å². The monoisotopic (exact) mass is 542 g/mol. The molecule has 0 spiro atoms. The second kappa shape index (κ2) is 9.51. The largest absolute Gasteiger partial charge is 0.484 e. The number of pyridine rings is 1. The number of benzene rings is 1. The summed E-state index contributed by atoms with van der Waals surface area (Å²) in [7, 11) is -3.96. The second-order valence-electron chi connectivity index (χ2n) is 9.76. The van der Waals surface area contributed by atoms with E-state index in [1.54, 1.807) is 18.3 Å². The zero-order valence-electron chi connectivity index (χ0n) is 20.3. The number of ether oxygens (including phenoxy) is 1. The van der Waals surface area contributed by atoms with Crippen LogP contribution in [0, 0.1) is 5.82 Å². The Morgan fingerprint density at radius 2 is 1.92 bits per heavy atom. The summed E-state index contributed by atoms with van der Waals surface area (Å²) in [6.45, 7) is 3.40. The van der Waals surface area contributed by atoms with Crippen LogP contribution in [0.15, 0.2) is 42.7 Å². The van der Waals surface area contributed by atoms with E-state index in [4.69, 9.17) is 4.74 Å². The Labute approximate surface area is 211 Å². The third-order valence-corrected chi connectivity index (χ3v) is 8.16. The first kappa shape index (κ1) is 26.7. The summed E-state index contributed by atoms with van der Waals surface area (Å²) in [6, 6.07) is 6.26. The molecule has 0 radical (unpaired) electrons. The molecule has 0 saturated carbocycles. The fraction of sp³-hybridized carbons (Fsp3) is 0.417. The number of amides is 1. The topological polar surface area (TPSA) is 93.0 Å². The number of carbonyl (C=O) groups is 1. The smallest absolute Gasteiger partial charge is 0.422 e. The van der Waals surface area contributed by atoms with E-state index in [2.05, 4.69) is 9.82 Å². The lowest BCUT2D eigenvalue weighted by Gasteiger charge is -2.29. The molecule has 3 heterocycles. The molecule has 1 unspecified atom stereocenters. The van der Waals surface area contributed by atoms with Crippen molar-refractivity contribution in [1.82, 2.24) is 14.3 Å². The van der Waals surface area contributed by atoms with Crippen LogP contribution in [0.1, 0.15) is 55.6 Å². The lowest BCUT2D eigenvalue weighted by molar-refractivity contribution is -0.153. The van der Waals surface area contributed by atoms with Gasteiger partial charge in [0.25, 0.3) is 5.91 Å². The van der Waals surface area contributed by atoms with Crippen LogP contribution in [-0.2, 0) is 10.0 Å². The molecule has 1 aliphatic rings. The van der Waals surface area contributed by atoms with Crippen LogP contribution in [0.4, 0.5) is 23.2 Å². The Bertz CT molecular complexity index is 1430. The van der Waals surface area contributed by atoms with Gasteiger partial charge in [0.2, 0.25) is 10.0 Å². The number of hydrogen-bond donors (Lipinski definition) is 1. The van der Waals surface area contributed by atoms with Crippen molar-refractivity contribution in [2.75, 3.05) is 18.1 Å². The van der Waals surface area contributed by atoms with Gasteiger partial charge in [0.05, 0.1) is 28.1 Å². The Hall–Kier alpha value is -3.35. The number of sulfonamides is 1. The molecule has 200 valence electrons. The predicted molar refractivity (Wildman–Crippen MR) is 129 cm³/mol. The van der Waals surface area contributed by atoms with Crippen molar-refractivity contribution < 1.29 is 35.5 Å². The highest BCUT2D eigenvalue weighted by Gasteiger charge is 2.34. The average Bonchev–Trinajstić information content (AvgIpc) is 3.43. The third kappa shape index (κ3) is 5.65. The van der Waals surface area contributed by atoms with Crippen LogP contribution in [0.25, 0.3) is 5.52 Å². The van der Waals surface area contributed by atoms with Gasteiger partial charge in [0, 0.05) is 24.0 Å². The van der Waals surface area contributed by atoms with Gasteiger partial charge in [-0.25, -0.2) is 22.0 Å². The van der Waals surface area contributed by atoms with Gasteiger partial charge in [0.15, 0.2) is 6.61 Å². The van der Waals surface area contributed by atoms with E-state index in [9.17, 15) is 30.8 Å². The average molecular weight is 543 g/mol. The standard InChI is InChI=1S/C24H26F4N4O4S/c1-23(2,3)37(34,35)30-22(33)18-13-29-32-10-8-16(12-20(18)32)31-9-4-5-19(31)17-11-15(25)6-7-21(17)36-14-24(26,27)28/h6-8,10-13,19H,4-5,9,14H2,1-3H3,(H,30,33). The highest BCUT2D eigenvalue weighted by molar-refractivity contribution is 7.91. The number of fused-ring (bicyclic) bond motifs is 1. The molecule has 1 saturated heterocycles. The molecular formula is C24H26F4N4O4S. The minimum Gasteiger partial charge on any atom is -0.484 e. The van der Waals surface area contributed by atoms with Gasteiger partial charge in [0.1, 0.15) is 11.6 Å². The van der Waals surface area contributed by atoms with Crippen molar-refractivity contribution in [3.05, 3.63) is 59.7 Å². The van der Waals surface area contributed by atoms with Crippen molar-refractivity contribution in [2.45, 2.75) is 50.6 Å². The number of aromatic nitrogens is 2. The van der Waals surface area contributed by atoms with Gasteiger partial charge in [-0.2, -0.15) is 18.3 Å². The van der Waals surface area contributed by atoms with Crippen LogP contribution >= 0.6 is 0 Å². The first-order valence-electron chi connectivity index (χ1n) is 11.5. The maximum Gasteiger partial charge on any atom is 0.422 e. The van der Waals surface area contributed by atoms with E-state index in [0.717, 1.165) is 6.07 Å². The molecule has 4 rings (SSSR count). The van der Waals surface area contributed by atoms with Gasteiger partial charge in [-0.1, -0.05) is 0 Å². The lowest BCUT2D eigenvalue weighted by atomic mass is 10.0. The maximum absolute atomic E-state index is 14.1. The molecule has 1 aliphatic heterocycles. The fourth-order valence-electron chi connectivity index (χ4n) is 4.12. The zero-order valence-corrected chi connectivity index (χ0v) is 21.2. The molecule has 0 aliphatic carbocycles. The van der Waals surface area contributed by atoms with Crippen molar-refractivity contribution >= 4 is 27.1 Å². The summed E-state index contributed by atoms with van der Waals surface area (Å²) in [4.78, 5) is 14.7. The minimum atomic E-state index is -4.55. The Kier molecular flexibility index (Phi) is 6.86. The van der Waals surface area contributed by atoms with E-state index >= 15 is 0 Å². The maximum atomic E-state index is 14.1. The summed E-state index contributed by atoms with van der Waals surface area (Å²) >= 11 is 0. The second-order valence-corrected chi connectivity index (χ2v) is 12.2. The van der Waals surface area contributed by atoms with Gasteiger partial charge in [-0.15, -0.1) is 0 Å². The van der Waals surface area contributed by atoms with E-state index in [0.29, 0.717) is 30.6 Å². The summed E-state index contributed by atoms with van der Waals surface area (Å²) in [5, 5.41) is 4.12. The lowest BCUT2D eigenvalue weighted by Crippen LogP contribution is -2.42. The minimum absolute atomic E-state index is 0.0328. The Morgan fingerprint density at radius 1 is 1.19 bits per heavy atom. The van der Waals surface area contributed by atoms with Crippen LogP contribution in [-0.4, -0.2) is 48.0 Å². The third-order valence-electron chi connectivity index (χ3n) is 6.09. The predicted octanol–water partition coefficient (Wildman–Crippen LogP) is 4.61. The van der Waals surface area contributed by atoms with Crippen molar-refractivity contribution in [3.63, 3.8) is 0 Å². The first-order chi connectivity index (χ1) is 17.2. The van der Waals surface area contributed by atoms with Crippen LogP contribution in [0.5, 0.6) is 5.75 Å². The molecule has 1 atom stereocenters. The van der Waals surface area contributed by atoms with Crippen molar-refractivity contribution in [1.29, 1.82) is 0 Å². The molecule has 13 heteroatoms. The summed E-state index contributed by atoms with van der Waals surface area (Å²) < 4.78 is 84.6. The number of anilines is 1. The molecular weight excluding hydrogens is 516 g/mol. The molecule has 1 N–H and O–H groups in total. The van der Waals surface area contributed by atoms with E-state index in [1.807, 2.05) is 4.90 Å². The highest BCUT2D eigenvalue weighted by Crippen LogP contribution is 2.41. The molecule has 1 fully saturated rings. The molecule has 3 aromatic rings. The quantitative estimate of drug-likeness (QED) is 0.458. The van der Waals surface area contributed by atoms with Gasteiger partial charge >= 0.3 is 6.18 Å². The van der Waals surface area contributed by atoms with E-state index in [1.165, 1.54) is 43.6 Å². The number of carbonyl (C=O) groups excluding carboxylic acids is 1. The molecule has 1 aromatic carbocycles. The van der Waals surface area contributed by atoms with E-state index < -0.39 is 45.3 Å². The highest BCUT2D eigenvalue weighted by atomic mass is 32.2. The molecule has 1 amide bonds. The number of nitrogens with zero attached hydrogens (tertiary/aromatic N) is 3. The van der Waals surface area contributed by atoms with Gasteiger partial charge < -0.3 is 9.64 Å². The number of nitrogens with one attached hydrogen (secondary N) is 1. The zero-order chi connectivity index (χ0) is 27.2. The number of halogens is 4. The van der Waals surface area contributed by atoms with E-state index in [-0.39, 0.29) is 16.9 Å². The fourth-order valence-corrected chi connectivity index (χ4v) is 4.78. The summed E-state index contributed by atoms with van der Waals surface area (Å²) in [5.74, 6) is -1.51.